The molecule has 124 heavy (non-hydrogen) atoms. The predicted molar refractivity (Wildman–Crippen MR) is 503 cm³/mol. The molecule has 0 bridgehead atoms. The SMILES string of the molecule is c1ccc(-c2ccc(-c3nc(-c4ccccc4)nc(-c4cccc(-c5ccc(C6(c7ccc8c(c7)oc7ccccc78)c7ccccc7-c7ccccc76)cc5)c4)n3)cc2)cc1.c1ccc(-c2cccc(-c3nc(-c4ccccc4)nc(-c4cccc(-c5ccc(C6(c7ccc8c(c7)oc7ccccc78)c7ccccc7-c7ccccc76)cc5)c4)n3)c2)cc1. The number of aromatic nitrogens is 6. The van der Waals surface area contributed by atoms with Crippen molar-refractivity contribution in [2.75, 3.05) is 0 Å². The van der Waals surface area contributed by atoms with Gasteiger partial charge in [0.1, 0.15) is 22.3 Å². The Morgan fingerprint density at radius 3 is 0.726 bits per heavy atom. The standard InChI is InChI=1S/2C58H37N3O/c1-3-15-38(16-4-1)41-19-13-21-43(35-41)56-59-55(40-17-5-2-6-18-40)60-57(61-56)44-22-14-20-42(36-44)39-29-31-45(32-30-39)58(51-26-10-7-23-47(51)48-24-8-11-27-52(48)58)46-33-34-50-49-25-9-12-28-53(49)62-54(50)37-46;1-3-14-38(15-4-1)39-26-28-42(29-27-39)56-59-55(41-16-5-2-6-17-41)60-57(61-56)44-19-13-18-43(36-44)40-30-32-45(33-31-40)58(51-23-10-7-20-47(51)48-21-8-11-24-52(48)58)46-34-35-50-49-22-9-12-25-53(49)62-54(50)37-46/h2*1-37H. The van der Waals surface area contributed by atoms with Gasteiger partial charge in [-0.15, -0.1) is 0 Å². The smallest absolute Gasteiger partial charge is 0.164 e. The number of hydrogen-bond acceptors (Lipinski definition) is 8. The molecule has 0 unspecified atom stereocenters. The largest absolute Gasteiger partial charge is 0.456 e. The molecule has 0 aliphatic heterocycles. The lowest BCUT2D eigenvalue weighted by Gasteiger charge is -2.34. The van der Waals surface area contributed by atoms with Gasteiger partial charge in [0.05, 0.1) is 10.8 Å². The van der Waals surface area contributed by atoms with Crippen molar-refractivity contribution in [1.82, 2.24) is 29.9 Å². The Balaban J connectivity index is 0.000000143. The summed E-state index contributed by atoms with van der Waals surface area (Å²) in [7, 11) is 0. The Hall–Kier alpha value is -16.4. The van der Waals surface area contributed by atoms with E-state index in [0.717, 1.165) is 116 Å². The van der Waals surface area contributed by atoms with Crippen LogP contribution in [0.5, 0.6) is 0 Å². The average Bonchev–Trinajstić information content (AvgIpc) is 1.54. The zero-order chi connectivity index (χ0) is 82.1. The van der Waals surface area contributed by atoms with Crippen LogP contribution < -0.4 is 0 Å². The second-order valence-electron chi connectivity index (χ2n) is 31.9. The first-order valence-corrected chi connectivity index (χ1v) is 42.0. The molecule has 8 heteroatoms. The fraction of sp³-hybridized carbons (Fsp3) is 0.0172. The number of para-hydroxylation sites is 2. The molecule has 0 amide bonds. The van der Waals surface area contributed by atoms with Crippen molar-refractivity contribution in [3.8, 4) is 135 Å². The van der Waals surface area contributed by atoms with Gasteiger partial charge >= 0.3 is 0 Å². The molecule has 8 nitrogen and oxygen atoms in total. The normalized spacial score (nSPS) is 12.6. The van der Waals surface area contributed by atoms with Crippen LogP contribution in [0.2, 0.25) is 0 Å². The molecular formula is C116H74N6O2. The Kier molecular flexibility index (Phi) is 17.9. The average molecular weight is 1580 g/mol. The Morgan fingerprint density at radius 1 is 0.145 bits per heavy atom. The van der Waals surface area contributed by atoms with Crippen molar-refractivity contribution < 1.29 is 8.83 Å². The van der Waals surface area contributed by atoms with Crippen molar-refractivity contribution in [3.63, 3.8) is 0 Å². The van der Waals surface area contributed by atoms with Gasteiger partial charge in [-0.05, 0) is 154 Å². The topological polar surface area (TPSA) is 104 Å². The summed E-state index contributed by atoms with van der Waals surface area (Å²) in [5.41, 5.74) is 31.8. The van der Waals surface area contributed by atoms with Gasteiger partial charge in [0.15, 0.2) is 34.9 Å². The molecule has 4 heterocycles. The molecule has 0 N–H and O–H groups in total. The molecule has 22 aromatic rings. The van der Waals surface area contributed by atoms with Crippen molar-refractivity contribution in [1.29, 1.82) is 0 Å². The highest BCUT2D eigenvalue weighted by molar-refractivity contribution is 6.07. The fourth-order valence-electron chi connectivity index (χ4n) is 19.1. The maximum atomic E-state index is 6.51. The van der Waals surface area contributed by atoms with Crippen molar-refractivity contribution >= 4 is 43.9 Å². The molecule has 2 aliphatic carbocycles. The van der Waals surface area contributed by atoms with Gasteiger partial charge in [0.2, 0.25) is 0 Å². The fourth-order valence-corrected chi connectivity index (χ4v) is 19.1. The molecule has 580 valence electrons. The van der Waals surface area contributed by atoms with E-state index in [-0.39, 0.29) is 0 Å². The highest BCUT2D eigenvalue weighted by Crippen LogP contribution is 2.59. The van der Waals surface area contributed by atoms with Gasteiger partial charge in [0, 0.05) is 54.9 Å². The van der Waals surface area contributed by atoms with E-state index in [1.54, 1.807) is 0 Å². The van der Waals surface area contributed by atoms with Crippen LogP contribution >= 0.6 is 0 Å². The first-order chi connectivity index (χ1) is 61.4. The third kappa shape index (κ3) is 12.5. The number of benzene rings is 18. The Labute approximate surface area is 717 Å². The third-order valence-electron chi connectivity index (χ3n) is 24.9. The zero-order valence-corrected chi connectivity index (χ0v) is 67.2. The zero-order valence-electron chi connectivity index (χ0n) is 67.2. The molecule has 24 rings (SSSR count). The molecule has 18 aromatic carbocycles. The second-order valence-corrected chi connectivity index (χ2v) is 31.9. The van der Waals surface area contributed by atoms with Gasteiger partial charge in [-0.3, -0.25) is 0 Å². The van der Waals surface area contributed by atoms with Crippen LogP contribution in [0.1, 0.15) is 44.5 Å². The van der Waals surface area contributed by atoms with E-state index in [1.807, 2.05) is 97.1 Å². The molecule has 0 atom stereocenters. The summed E-state index contributed by atoms with van der Waals surface area (Å²) < 4.78 is 13.0. The first kappa shape index (κ1) is 72.8. The van der Waals surface area contributed by atoms with Gasteiger partial charge < -0.3 is 8.83 Å². The van der Waals surface area contributed by atoms with E-state index < -0.39 is 10.8 Å². The van der Waals surface area contributed by atoms with Crippen LogP contribution in [0.4, 0.5) is 0 Å². The number of furan rings is 2. The van der Waals surface area contributed by atoms with E-state index in [2.05, 4.69) is 352 Å². The van der Waals surface area contributed by atoms with E-state index in [4.69, 9.17) is 38.7 Å². The number of hydrogen-bond donors (Lipinski definition) is 0. The lowest BCUT2D eigenvalue weighted by Crippen LogP contribution is -2.28. The van der Waals surface area contributed by atoms with Crippen LogP contribution in [-0.2, 0) is 10.8 Å². The molecule has 0 saturated carbocycles. The minimum Gasteiger partial charge on any atom is -0.456 e. The highest BCUT2D eigenvalue weighted by Gasteiger charge is 2.48. The van der Waals surface area contributed by atoms with Crippen LogP contribution in [0.3, 0.4) is 0 Å². The number of rotatable bonds is 14. The van der Waals surface area contributed by atoms with Gasteiger partial charge in [-0.2, -0.15) is 0 Å². The van der Waals surface area contributed by atoms with Crippen molar-refractivity contribution in [3.05, 3.63) is 493 Å². The quantitative estimate of drug-likeness (QED) is 0.106. The van der Waals surface area contributed by atoms with Gasteiger partial charge in [-0.25, -0.2) is 29.9 Å². The summed E-state index contributed by atoms with van der Waals surface area (Å²) in [6, 6.07) is 159. The Bertz CT molecular complexity index is 7750. The summed E-state index contributed by atoms with van der Waals surface area (Å²) in [5, 5.41) is 4.50. The minimum absolute atomic E-state index is 0.560. The van der Waals surface area contributed by atoms with E-state index in [1.165, 1.54) is 72.3 Å². The highest BCUT2D eigenvalue weighted by atomic mass is 16.3. The Morgan fingerprint density at radius 2 is 0.371 bits per heavy atom. The molecule has 4 aromatic heterocycles. The third-order valence-corrected chi connectivity index (χ3v) is 24.9. The number of nitrogens with zero attached hydrogens (tertiary/aromatic N) is 6. The molecule has 0 radical (unpaired) electrons. The maximum Gasteiger partial charge on any atom is 0.164 e. The lowest BCUT2D eigenvalue weighted by molar-refractivity contribution is 0.665. The van der Waals surface area contributed by atoms with E-state index >= 15 is 0 Å². The lowest BCUT2D eigenvalue weighted by atomic mass is 9.67. The van der Waals surface area contributed by atoms with E-state index in [0.29, 0.717) is 34.9 Å². The first-order valence-electron chi connectivity index (χ1n) is 42.0. The number of fused-ring (bicyclic) bond motifs is 12. The summed E-state index contributed by atoms with van der Waals surface area (Å²) in [6.45, 7) is 0. The summed E-state index contributed by atoms with van der Waals surface area (Å²) in [6.07, 6.45) is 0. The minimum atomic E-state index is -0.562. The van der Waals surface area contributed by atoms with E-state index in [9.17, 15) is 0 Å². The molecule has 2 aliphatic rings. The maximum absolute atomic E-state index is 6.51. The van der Waals surface area contributed by atoms with Crippen LogP contribution in [0.15, 0.2) is 458 Å². The molecular weight excluding hydrogens is 1510 g/mol. The van der Waals surface area contributed by atoms with Crippen LogP contribution in [0.25, 0.3) is 179 Å². The van der Waals surface area contributed by atoms with Crippen LogP contribution in [-0.4, -0.2) is 29.9 Å². The van der Waals surface area contributed by atoms with Crippen molar-refractivity contribution in [2.24, 2.45) is 0 Å². The molecule has 0 fully saturated rings. The second kappa shape index (κ2) is 30.4. The van der Waals surface area contributed by atoms with Gasteiger partial charge in [-0.1, -0.05) is 406 Å². The van der Waals surface area contributed by atoms with Gasteiger partial charge in [0.25, 0.3) is 0 Å². The summed E-state index contributed by atoms with van der Waals surface area (Å²) in [5.74, 6) is 3.77. The monoisotopic (exact) mass is 1580 g/mol. The van der Waals surface area contributed by atoms with Crippen molar-refractivity contribution in [2.45, 2.75) is 10.8 Å². The molecule has 0 saturated heterocycles. The van der Waals surface area contributed by atoms with Crippen LogP contribution in [0, 0.1) is 0 Å². The molecule has 0 spiro atoms. The summed E-state index contributed by atoms with van der Waals surface area (Å²) in [4.78, 5) is 30.4. The predicted octanol–water partition coefficient (Wildman–Crippen LogP) is 28.9. The summed E-state index contributed by atoms with van der Waals surface area (Å²) >= 11 is 0.